The van der Waals surface area contributed by atoms with E-state index >= 15 is 0 Å². The van der Waals surface area contributed by atoms with E-state index in [2.05, 4.69) is 15.6 Å². The summed E-state index contributed by atoms with van der Waals surface area (Å²) in [5, 5.41) is 6.26. The third-order valence-corrected chi connectivity index (χ3v) is 6.22. The van der Waals surface area contributed by atoms with Gasteiger partial charge in [-0.05, 0) is 48.5 Å². The number of carbonyl (C=O) groups is 1. The van der Waals surface area contributed by atoms with Gasteiger partial charge in [0.15, 0.2) is 0 Å². The molecule has 0 fully saturated rings. The molecule has 1 aromatic heterocycles. The lowest BCUT2D eigenvalue weighted by Crippen LogP contribution is -2.18. The van der Waals surface area contributed by atoms with E-state index in [1.54, 1.807) is 36.5 Å². The number of benzene rings is 2. The average Bonchev–Trinajstić information content (AvgIpc) is 2.79. The fraction of sp³-hybridized carbons (Fsp3) is 0.182. The van der Waals surface area contributed by atoms with Crippen LogP contribution in [0.25, 0.3) is 11.3 Å². The normalized spacial score (nSPS) is 11.2. The van der Waals surface area contributed by atoms with Gasteiger partial charge < -0.3 is 15.4 Å². The summed E-state index contributed by atoms with van der Waals surface area (Å²) in [6, 6.07) is 15.2. The first-order valence-electron chi connectivity index (χ1n) is 9.71. The van der Waals surface area contributed by atoms with E-state index in [0.717, 1.165) is 0 Å². The Labute approximate surface area is 202 Å². The van der Waals surface area contributed by atoms with Crippen molar-refractivity contribution in [2.24, 2.45) is 0 Å². The molecule has 0 bridgehead atoms. The topological polar surface area (TPSA) is 107 Å². The largest absolute Gasteiger partial charge is 0.384 e. The molecule has 0 spiro atoms. The number of halogens is 2. The molecule has 1 heterocycles. The SMILES string of the molecule is COCCS(=O)(=O)OCNc1ccc(C(=O)Nc2ccc(Cl)c(-c3ccccn3)c2)c(Cl)c1. The molecule has 0 atom stereocenters. The van der Waals surface area contributed by atoms with Crippen LogP contribution in [0.1, 0.15) is 10.4 Å². The van der Waals surface area contributed by atoms with Crippen molar-refractivity contribution in [2.75, 3.05) is 36.8 Å². The number of anilines is 2. The lowest BCUT2D eigenvalue weighted by molar-refractivity contribution is 0.102. The molecular weight excluding hydrogens is 489 g/mol. The minimum Gasteiger partial charge on any atom is -0.384 e. The van der Waals surface area contributed by atoms with Crippen LogP contribution in [0.5, 0.6) is 0 Å². The molecule has 0 aliphatic heterocycles. The summed E-state index contributed by atoms with van der Waals surface area (Å²) >= 11 is 12.6. The van der Waals surface area contributed by atoms with Crippen molar-refractivity contribution in [1.29, 1.82) is 0 Å². The van der Waals surface area contributed by atoms with Crippen LogP contribution in [0.3, 0.4) is 0 Å². The standard InChI is InChI=1S/C22H21Cl2N3O5S/c1-31-10-11-33(29,30)32-14-26-15-5-7-17(20(24)13-15)22(28)27-16-6-8-19(23)18(12-16)21-4-2-3-9-25-21/h2-9,12-13,26H,10-11,14H2,1H3,(H,27,28). The molecule has 8 nitrogen and oxygen atoms in total. The molecule has 1 amide bonds. The Morgan fingerprint density at radius 1 is 1.03 bits per heavy atom. The molecule has 2 N–H and O–H groups in total. The Morgan fingerprint density at radius 3 is 2.52 bits per heavy atom. The van der Waals surface area contributed by atoms with Gasteiger partial charge in [0, 0.05) is 30.2 Å². The third-order valence-electron chi connectivity index (χ3n) is 4.43. The highest BCUT2D eigenvalue weighted by molar-refractivity contribution is 7.86. The molecule has 3 aromatic rings. The van der Waals surface area contributed by atoms with Crippen LogP contribution in [0.2, 0.25) is 10.0 Å². The maximum atomic E-state index is 12.7. The van der Waals surface area contributed by atoms with Gasteiger partial charge in [-0.25, -0.2) is 4.18 Å². The van der Waals surface area contributed by atoms with Gasteiger partial charge in [-0.2, -0.15) is 8.42 Å². The Balaban J connectivity index is 1.65. The number of nitrogens with zero attached hydrogens (tertiary/aromatic N) is 1. The van der Waals surface area contributed by atoms with Crippen molar-refractivity contribution in [3.63, 3.8) is 0 Å². The molecule has 0 radical (unpaired) electrons. The van der Waals surface area contributed by atoms with Gasteiger partial charge in [0.25, 0.3) is 16.0 Å². The fourth-order valence-electron chi connectivity index (χ4n) is 2.78. The quantitative estimate of drug-likeness (QED) is 0.302. The molecule has 174 valence electrons. The number of carbonyl (C=O) groups excluding carboxylic acids is 1. The fourth-order valence-corrected chi connectivity index (χ4v) is 3.98. The number of amides is 1. The van der Waals surface area contributed by atoms with Crippen LogP contribution in [-0.4, -0.2) is 45.5 Å². The highest BCUT2D eigenvalue weighted by atomic mass is 35.5. The molecule has 0 saturated heterocycles. The van der Waals surface area contributed by atoms with Gasteiger partial charge in [-0.1, -0.05) is 29.3 Å². The molecular formula is C22H21Cl2N3O5S. The minimum atomic E-state index is -3.71. The summed E-state index contributed by atoms with van der Waals surface area (Å²) in [4.78, 5) is 17.0. The summed E-state index contributed by atoms with van der Waals surface area (Å²) < 4.78 is 32.9. The van der Waals surface area contributed by atoms with Crippen molar-refractivity contribution in [3.8, 4) is 11.3 Å². The van der Waals surface area contributed by atoms with Gasteiger partial charge >= 0.3 is 0 Å². The van der Waals surface area contributed by atoms with Gasteiger partial charge in [0.2, 0.25) is 0 Å². The van der Waals surface area contributed by atoms with E-state index in [-0.39, 0.29) is 29.7 Å². The van der Waals surface area contributed by atoms with Gasteiger partial charge in [-0.3, -0.25) is 9.78 Å². The number of methoxy groups -OCH3 is 1. The number of hydrogen-bond acceptors (Lipinski definition) is 7. The first-order chi connectivity index (χ1) is 15.8. The first-order valence-corrected chi connectivity index (χ1v) is 12.0. The number of rotatable bonds is 10. The van der Waals surface area contributed by atoms with Crippen molar-refractivity contribution in [2.45, 2.75) is 0 Å². The Bertz CT molecular complexity index is 1220. The Hall–Kier alpha value is -2.69. The van der Waals surface area contributed by atoms with E-state index in [1.807, 2.05) is 12.1 Å². The number of aromatic nitrogens is 1. The number of pyridine rings is 1. The number of ether oxygens (including phenoxy) is 1. The zero-order valence-corrected chi connectivity index (χ0v) is 19.9. The van der Waals surface area contributed by atoms with Crippen LogP contribution < -0.4 is 10.6 Å². The first kappa shape index (κ1) is 24.9. The van der Waals surface area contributed by atoms with Crippen molar-refractivity contribution < 1.29 is 22.1 Å². The van der Waals surface area contributed by atoms with Gasteiger partial charge in [0.1, 0.15) is 6.73 Å². The predicted molar refractivity (Wildman–Crippen MR) is 129 cm³/mol. The van der Waals surface area contributed by atoms with E-state index < -0.39 is 16.0 Å². The van der Waals surface area contributed by atoms with Crippen molar-refractivity contribution in [1.82, 2.24) is 4.98 Å². The van der Waals surface area contributed by atoms with Crippen LogP contribution in [0.15, 0.2) is 60.8 Å². The van der Waals surface area contributed by atoms with E-state index in [0.29, 0.717) is 27.7 Å². The number of hydrogen-bond donors (Lipinski definition) is 2. The molecule has 11 heteroatoms. The van der Waals surface area contributed by atoms with E-state index in [4.69, 9.17) is 32.1 Å². The minimum absolute atomic E-state index is 0.0367. The maximum Gasteiger partial charge on any atom is 0.271 e. The Morgan fingerprint density at radius 2 is 1.82 bits per heavy atom. The van der Waals surface area contributed by atoms with Crippen molar-refractivity contribution >= 4 is 50.6 Å². The molecule has 3 rings (SSSR count). The molecule has 0 aliphatic rings. The zero-order valence-electron chi connectivity index (χ0n) is 17.5. The molecule has 0 aliphatic carbocycles. The molecule has 0 unspecified atom stereocenters. The van der Waals surface area contributed by atoms with Crippen LogP contribution in [0, 0.1) is 0 Å². The summed E-state index contributed by atoms with van der Waals surface area (Å²) in [6.45, 7) is -0.246. The summed E-state index contributed by atoms with van der Waals surface area (Å²) in [6.07, 6.45) is 1.66. The maximum absolute atomic E-state index is 12.7. The van der Waals surface area contributed by atoms with Crippen LogP contribution in [0.4, 0.5) is 11.4 Å². The molecule has 0 saturated carbocycles. The molecule has 33 heavy (non-hydrogen) atoms. The highest BCUT2D eigenvalue weighted by Crippen LogP contribution is 2.30. The Kier molecular flexibility index (Phi) is 8.65. The van der Waals surface area contributed by atoms with Crippen molar-refractivity contribution in [3.05, 3.63) is 76.4 Å². The second-order valence-electron chi connectivity index (χ2n) is 6.75. The molecule has 2 aromatic carbocycles. The van der Waals surface area contributed by atoms with Gasteiger partial charge in [0.05, 0.1) is 33.7 Å². The smallest absolute Gasteiger partial charge is 0.271 e. The second-order valence-corrected chi connectivity index (χ2v) is 9.33. The summed E-state index contributed by atoms with van der Waals surface area (Å²) in [5.41, 5.74) is 2.62. The average molecular weight is 510 g/mol. The monoisotopic (exact) mass is 509 g/mol. The van der Waals surface area contributed by atoms with E-state index in [9.17, 15) is 13.2 Å². The summed E-state index contributed by atoms with van der Waals surface area (Å²) in [5.74, 6) is -0.670. The van der Waals surface area contributed by atoms with Crippen LogP contribution >= 0.6 is 23.2 Å². The lowest BCUT2D eigenvalue weighted by atomic mass is 10.1. The number of nitrogens with one attached hydrogen (secondary N) is 2. The highest BCUT2D eigenvalue weighted by Gasteiger charge is 2.14. The zero-order chi connectivity index (χ0) is 23.8. The lowest BCUT2D eigenvalue weighted by Gasteiger charge is -2.12. The van der Waals surface area contributed by atoms with Gasteiger partial charge in [-0.15, -0.1) is 0 Å². The second kappa shape index (κ2) is 11.4. The predicted octanol–water partition coefficient (Wildman–Crippen LogP) is 4.67. The summed E-state index contributed by atoms with van der Waals surface area (Å²) in [7, 11) is -2.30. The van der Waals surface area contributed by atoms with Crippen LogP contribution in [-0.2, 0) is 19.0 Å². The van der Waals surface area contributed by atoms with E-state index in [1.165, 1.54) is 19.2 Å². The third kappa shape index (κ3) is 7.15.